The van der Waals surface area contributed by atoms with Crippen molar-refractivity contribution in [3.63, 3.8) is 0 Å². The molecule has 3 unspecified atom stereocenters. The second-order valence-corrected chi connectivity index (χ2v) is 6.34. The summed E-state index contributed by atoms with van der Waals surface area (Å²) in [6.45, 7) is 8.88. The van der Waals surface area contributed by atoms with Crippen molar-refractivity contribution in [3.8, 4) is 0 Å². The molecule has 0 aromatic rings. The number of rotatable bonds is 5. The van der Waals surface area contributed by atoms with E-state index < -0.39 is 0 Å². The lowest BCUT2D eigenvalue weighted by Crippen LogP contribution is -2.33. The van der Waals surface area contributed by atoms with Crippen LogP contribution in [0.15, 0.2) is 0 Å². The maximum Gasteiger partial charge on any atom is 0.141 e. The van der Waals surface area contributed by atoms with Crippen molar-refractivity contribution in [3.05, 3.63) is 0 Å². The van der Waals surface area contributed by atoms with Crippen LogP contribution in [0.25, 0.3) is 0 Å². The van der Waals surface area contributed by atoms with Crippen LogP contribution in [-0.4, -0.2) is 5.78 Å². The van der Waals surface area contributed by atoms with Gasteiger partial charge in [0.25, 0.3) is 0 Å². The molecule has 0 saturated heterocycles. The van der Waals surface area contributed by atoms with Crippen LogP contribution in [0.3, 0.4) is 0 Å². The second-order valence-electron chi connectivity index (χ2n) is 6.34. The van der Waals surface area contributed by atoms with Gasteiger partial charge in [-0.3, -0.25) is 4.79 Å². The highest BCUT2D eigenvalue weighted by Crippen LogP contribution is 2.37. The molecule has 17 heavy (non-hydrogen) atoms. The van der Waals surface area contributed by atoms with Gasteiger partial charge in [-0.15, -0.1) is 0 Å². The van der Waals surface area contributed by atoms with Gasteiger partial charge < -0.3 is 0 Å². The Bertz CT molecular complexity index is 246. The number of hydrogen-bond donors (Lipinski definition) is 0. The van der Waals surface area contributed by atoms with Crippen LogP contribution in [0.5, 0.6) is 0 Å². The average molecular weight is 238 g/mol. The van der Waals surface area contributed by atoms with E-state index in [-0.39, 0.29) is 5.41 Å². The normalized spacial score (nSPS) is 29.4. The molecular formula is C16H30O. The Balaban J connectivity index is 2.66. The molecule has 1 fully saturated rings. The summed E-state index contributed by atoms with van der Waals surface area (Å²) in [5, 5.41) is 0. The third kappa shape index (κ3) is 3.82. The fraction of sp³-hybridized carbons (Fsp3) is 0.938. The molecule has 0 spiro atoms. The minimum absolute atomic E-state index is 0.0486. The predicted molar refractivity (Wildman–Crippen MR) is 74.1 cm³/mol. The van der Waals surface area contributed by atoms with Crippen LogP contribution >= 0.6 is 0 Å². The molecular weight excluding hydrogens is 208 g/mol. The van der Waals surface area contributed by atoms with Gasteiger partial charge in [-0.05, 0) is 31.6 Å². The number of carbonyl (C=O) groups excluding carboxylic acids is 1. The van der Waals surface area contributed by atoms with Crippen molar-refractivity contribution in [1.82, 2.24) is 0 Å². The summed E-state index contributed by atoms with van der Waals surface area (Å²) < 4.78 is 0. The van der Waals surface area contributed by atoms with Gasteiger partial charge in [0.1, 0.15) is 5.78 Å². The molecule has 1 aliphatic rings. The van der Waals surface area contributed by atoms with Crippen molar-refractivity contribution >= 4 is 5.78 Å². The van der Waals surface area contributed by atoms with Gasteiger partial charge in [-0.1, -0.05) is 53.4 Å². The molecule has 0 radical (unpaired) electrons. The molecule has 0 heterocycles. The molecule has 1 heteroatoms. The van der Waals surface area contributed by atoms with Gasteiger partial charge in [-0.2, -0.15) is 0 Å². The fourth-order valence-corrected chi connectivity index (χ4v) is 3.27. The Morgan fingerprint density at radius 2 is 1.88 bits per heavy atom. The van der Waals surface area contributed by atoms with E-state index in [1.165, 1.54) is 19.3 Å². The lowest BCUT2D eigenvalue weighted by atomic mass is 9.72. The molecule has 0 bridgehead atoms. The Hall–Kier alpha value is -0.330. The number of ketones is 1. The van der Waals surface area contributed by atoms with Crippen molar-refractivity contribution < 1.29 is 4.79 Å². The first-order valence-electron chi connectivity index (χ1n) is 7.57. The topological polar surface area (TPSA) is 17.1 Å². The summed E-state index contributed by atoms with van der Waals surface area (Å²) in [5.41, 5.74) is -0.0486. The lowest BCUT2D eigenvalue weighted by molar-refractivity contribution is -0.133. The van der Waals surface area contributed by atoms with Gasteiger partial charge in [0.15, 0.2) is 0 Å². The Labute approximate surface area is 107 Å². The van der Waals surface area contributed by atoms with Crippen molar-refractivity contribution in [1.29, 1.82) is 0 Å². The molecule has 3 atom stereocenters. The van der Waals surface area contributed by atoms with E-state index >= 15 is 0 Å². The van der Waals surface area contributed by atoms with Gasteiger partial charge in [0.05, 0.1) is 0 Å². The number of hydrogen-bond acceptors (Lipinski definition) is 1. The summed E-state index contributed by atoms with van der Waals surface area (Å²) in [5.74, 6) is 1.75. The van der Waals surface area contributed by atoms with E-state index in [1.807, 2.05) is 0 Å². The molecule has 1 aliphatic carbocycles. The molecule has 0 aliphatic heterocycles. The summed E-state index contributed by atoms with van der Waals surface area (Å²) in [6.07, 6.45) is 9.30. The van der Waals surface area contributed by atoms with E-state index in [4.69, 9.17) is 0 Å². The van der Waals surface area contributed by atoms with E-state index in [1.54, 1.807) is 0 Å². The average Bonchev–Trinajstić information content (AvgIpc) is 2.53. The summed E-state index contributed by atoms with van der Waals surface area (Å²) >= 11 is 0. The van der Waals surface area contributed by atoms with Gasteiger partial charge >= 0.3 is 0 Å². The fourth-order valence-electron chi connectivity index (χ4n) is 3.27. The minimum Gasteiger partial charge on any atom is -0.299 e. The van der Waals surface area contributed by atoms with Gasteiger partial charge in [0, 0.05) is 11.3 Å². The SMILES string of the molecule is CCCC(C)(CC)C(=O)C1CCCC(C)CC1. The molecule has 0 amide bonds. The largest absolute Gasteiger partial charge is 0.299 e. The van der Waals surface area contributed by atoms with Gasteiger partial charge in [0.2, 0.25) is 0 Å². The zero-order chi connectivity index (χ0) is 12.9. The predicted octanol–water partition coefficient (Wildman–Crippen LogP) is 4.99. The maximum atomic E-state index is 12.7. The van der Waals surface area contributed by atoms with Crippen molar-refractivity contribution in [2.24, 2.45) is 17.3 Å². The van der Waals surface area contributed by atoms with Crippen molar-refractivity contribution in [2.75, 3.05) is 0 Å². The van der Waals surface area contributed by atoms with E-state index in [2.05, 4.69) is 27.7 Å². The Kier molecular flexibility index (Phi) is 5.69. The molecule has 0 aromatic carbocycles. The zero-order valence-electron chi connectivity index (χ0n) is 12.2. The molecule has 0 N–H and O–H groups in total. The van der Waals surface area contributed by atoms with Gasteiger partial charge in [-0.25, -0.2) is 0 Å². The monoisotopic (exact) mass is 238 g/mol. The molecule has 1 rings (SSSR count). The molecule has 1 nitrogen and oxygen atoms in total. The van der Waals surface area contributed by atoms with Crippen LogP contribution in [-0.2, 0) is 4.79 Å². The second kappa shape index (κ2) is 6.56. The van der Waals surface area contributed by atoms with Crippen LogP contribution < -0.4 is 0 Å². The van der Waals surface area contributed by atoms with E-state index in [0.29, 0.717) is 11.7 Å². The van der Waals surface area contributed by atoms with E-state index in [0.717, 1.165) is 38.0 Å². The standard InChI is InChI=1S/C16H30O/c1-5-12-16(4,6-2)15(17)14-9-7-8-13(3)10-11-14/h13-14H,5-12H2,1-4H3. The first kappa shape index (κ1) is 14.7. The third-order valence-corrected chi connectivity index (χ3v) is 4.81. The summed E-state index contributed by atoms with van der Waals surface area (Å²) in [4.78, 5) is 12.7. The van der Waals surface area contributed by atoms with Crippen LogP contribution in [0.2, 0.25) is 0 Å². The highest BCUT2D eigenvalue weighted by Gasteiger charge is 2.35. The highest BCUT2D eigenvalue weighted by atomic mass is 16.1. The van der Waals surface area contributed by atoms with Crippen LogP contribution in [0.1, 0.15) is 79.1 Å². The third-order valence-electron chi connectivity index (χ3n) is 4.81. The van der Waals surface area contributed by atoms with Crippen LogP contribution in [0, 0.1) is 17.3 Å². The quantitative estimate of drug-likeness (QED) is 0.617. The zero-order valence-corrected chi connectivity index (χ0v) is 12.2. The highest BCUT2D eigenvalue weighted by molar-refractivity contribution is 5.86. The number of Topliss-reactive ketones (excluding diaryl/α,β-unsaturated/α-hetero) is 1. The number of carbonyl (C=O) groups is 1. The summed E-state index contributed by atoms with van der Waals surface area (Å²) in [7, 11) is 0. The molecule has 100 valence electrons. The first-order chi connectivity index (χ1) is 8.03. The lowest BCUT2D eigenvalue weighted by Gasteiger charge is -2.30. The van der Waals surface area contributed by atoms with Crippen molar-refractivity contribution in [2.45, 2.75) is 79.1 Å². The molecule has 0 aromatic heterocycles. The Morgan fingerprint density at radius 3 is 2.47 bits per heavy atom. The van der Waals surface area contributed by atoms with E-state index in [9.17, 15) is 4.79 Å². The minimum atomic E-state index is -0.0486. The Morgan fingerprint density at radius 1 is 1.18 bits per heavy atom. The van der Waals surface area contributed by atoms with Crippen LogP contribution in [0.4, 0.5) is 0 Å². The smallest absolute Gasteiger partial charge is 0.141 e. The summed E-state index contributed by atoms with van der Waals surface area (Å²) in [6, 6.07) is 0. The first-order valence-corrected chi connectivity index (χ1v) is 7.57. The maximum absolute atomic E-state index is 12.7. The molecule has 1 saturated carbocycles.